The number of hydrogen-bond acceptors (Lipinski definition) is 4. The van der Waals surface area contributed by atoms with Crippen LogP contribution in [0.1, 0.15) is 40.5 Å². The molecule has 3 rings (SSSR count). The molecule has 1 fully saturated rings. The van der Waals surface area contributed by atoms with Crippen molar-refractivity contribution in [2.24, 2.45) is 0 Å². The molecular weight excluding hydrogens is 358 g/mol. The van der Waals surface area contributed by atoms with Crippen LogP contribution in [-0.2, 0) is 9.53 Å². The van der Waals surface area contributed by atoms with Crippen LogP contribution >= 0.6 is 0 Å². The fourth-order valence-corrected chi connectivity index (χ4v) is 2.93. The molecule has 0 saturated carbocycles. The lowest BCUT2D eigenvalue weighted by molar-refractivity contribution is -0.114. The lowest BCUT2D eigenvalue weighted by Gasteiger charge is -2.11. The maximum absolute atomic E-state index is 12.4. The van der Waals surface area contributed by atoms with Crippen molar-refractivity contribution in [1.29, 1.82) is 0 Å². The minimum atomic E-state index is -0.279. The van der Waals surface area contributed by atoms with Crippen LogP contribution in [0.2, 0.25) is 0 Å². The predicted molar refractivity (Wildman–Crippen MR) is 106 cm³/mol. The number of carbonyl (C=O) groups is 3. The van der Waals surface area contributed by atoms with Crippen LogP contribution in [0.25, 0.3) is 0 Å². The Bertz CT molecular complexity index is 841. The highest BCUT2D eigenvalue weighted by Crippen LogP contribution is 2.15. The first-order valence-corrected chi connectivity index (χ1v) is 9.20. The third-order valence-corrected chi connectivity index (χ3v) is 4.39. The van der Waals surface area contributed by atoms with Gasteiger partial charge in [0, 0.05) is 42.6 Å². The summed E-state index contributed by atoms with van der Waals surface area (Å²) in [6.45, 7) is 2.68. The van der Waals surface area contributed by atoms with Crippen LogP contribution in [0, 0.1) is 0 Å². The highest BCUT2D eigenvalue weighted by atomic mass is 16.5. The van der Waals surface area contributed by atoms with E-state index in [0.29, 0.717) is 29.0 Å². The quantitative estimate of drug-likeness (QED) is 0.717. The van der Waals surface area contributed by atoms with Crippen molar-refractivity contribution in [1.82, 2.24) is 5.32 Å². The molecule has 3 N–H and O–H groups in total. The smallest absolute Gasteiger partial charge is 0.255 e. The van der Waals surface area contributed by atoms with E-state index in [1.165, 1.54) is 6.92 Å². The van der Waals surface area contributed by atoms with E-state index in [0.717, 1.165) is 19.4 Å². The molecule has 1 aliphatic rings. The molecule has 0 spiro atoms. The Morgan fingerprint density at radius 2 is 1.46 bits per heavy atom. The first-order valence-electron chi connectivity index (χ1n) is 9.20. The SMILES string of the molecule is CC(=O)Nc1ccc(NC(=O)c2ccc(C(=O)NCC3CCCO3)cc2)cc1. The van der Waals surface area contributed by atoms with Gasteiger partial charge in [0.15, 0.2) is 0 Å². The minimum Gasteiger partial charge on any atom is -0.376 e. The average Bonchev–Trinajstić information content (AvgIpc) is 3.21. The molecular formula is C21H23N3O4. The Morgan fingerprint density at radius 1 is 0.893 bits per heavy atom. The average molecular weight is 381 g/mol. The number of hydrogen-bond donors (Lipinski definition) is 3. The summed E-state index contributed by atoms with van der Waals surface area (Å²) in [7, 11) is 0. The molecule has 7 nitrogen and oxygen atoms in total. The highest BCUT2D eigenvalue weighted by Gasteiger charge is 2.17. The van der Waals surface area contributed by atoms with Gasteiger partial charge in [0.25, 0.3) is 11.8 Å². The summed E-state index contributed by atoms with van der Waals surface area (Å²) < 4.78 is 5.48. The van der Waals surface area contributed by atoms with Gasteiger partial charge < -0.3 is 20.7 Å². The predicted octanol–water partition coefficient (Wildman–Crippen LogP) is 2.81. The second-order valence-corrected chi connectivity index (χ2v) is 6.64. The lowest BCUT2D eigenvalue weighted by atomic mass is 10.1. The lowest BCUT2D eigenvalue weighted by Crippen LogP contribution is -2.31. The molecule has 1 aliphatic heterocycles. The normalized spacial score (nSPS) is 15.7. The first kappa shape index (κ1) is 19.6. The van der Waals surface area contributed by atoms with Gasteiger partial charge in [0.05, 0.1) is 6.10 Å². The van der Waals surface area contributed by atoms with E-state index >= 15 is 0 Å². The van der Waals surface area contributed by atoms with Crippen LogP contribution in [0.15, 0.2) is 48.5 Å². The van der Waals surface area contributed by atoms with Crippen molar-refractivity contribution in [2.45, 2.75) is 25.9 Å². The zero-order chi connectivity index (χ0) is 19.9. The Hall–Kier alpha value is -3.19. The second-order valence-electron chi connectivity index (χ2n) is 6.64. The standard InChI is InChI=1S/C21H23N3O4/c1-14(25)23-17-8-10-18(11-9-17)24-21(27)16-6-4-15(5-7-16)20(26)22-13-19-3-2-12-28-19/h4-11,19H,2-3,12-13H2,1H3,(H,22,26)(H,23,25)(H,24,27). The molecule has 0 aromatic heterocycles. The molecule has 0 bridgehead atoms. The van der Waals surface area contributed by atoms with Gasteiger partial charge in [-0.3, -0.25) is 14.4 Å². The summed E-state index contributed by atoms with van der Waals surface area (Å²) in [6.07, 6.45) is 2.08. The maximum Gasteiger partial charge on any atom is 0.255 e. The van der Waals surface area contributed by atoms with Gasteiger partial charge in [-0.25, -0.2) is 0 Å². The summed E-state index contributed by atoms with van der Waals surface area (Å²) in [5, 5.41) is 8.30. The molecule has 2 aromatic carbocycles. The van der Waals surface area contributed by atoms with Crippen molar-refractivity contribution < 1.29 is 19.1 Å². The third-order valence-electron chi connectivity index (χ3n) is 4.39. The van der Waals surface area contributed by atoms with Gasteiger partial charge >= 0.3 is 0 Å². The van der Waals surface area contributed by atoms with Gasteiger partial charge in [-0.15, -0.1) is 0 Å². The van der Waals surface area contributed by atoms with Crippen LogP contribution in [0.5, 0.6) is 0 Å². The van der Waals surface area contributed by atoms with E-state index < -0.39 is 0 Å². The molecule has 0 radical (unpaired) electrons. The van der Waals surface area contributed by atoms with E-state index in [9.17, 15) is 14.4 Å². The van der Waals surface area contributed by atoms with Crippen molar-refractivity contribution >= 4 is 29.1 Å². The summed E-state index contributed by atoms with van der Waals surface area (Å²) in [5.41, 5.74) is 2.21. The largest absolute Gasteiger partial charge is 0.376 e. The summed E-state index contributed by atoms with van der Waals surface area (Å²) in [6, 6.07) is 13.3. The molecule has 2 aromatic rings. The molecule has 0 aliphatic carbocycles. The number of amides is 3. The number of anilines is 2. The maximum atomic E-state index is 12.4. The van der Waals surface area contributed by atoms with Crippen LogP contribution in [0.3, 0.4) is 0 Å². The van der Waals surface area contributed by atoms with Crippen molar-refractivity contribution in [3.8, 4) is 0 Å². The van der Waals surface area contributed by atoms with E-state index in [2.05, 4.69) is 16.0 Å². The van der Waals surface area contributed by atoms with Gasteiger partial charge in [0.2, 0.25) is 5.91 Å². The van der Waals surface area contributed by atoms with Gasteiger partial charge in [-0.2, -0.15) is 0 Å². The van der Waals surface area contributed by atoms with E-state index in [-0.39, 0.29) is 23.8 Å². The topological polar surface area (TPSA) is 96.5 Å². The Kier molecular flexibility index (Phi) is 6.39. The zero-order valence-corrected chi connectivity index (χ0v) is 15.7. The van der Waals surface area contributed by atoms with Gasteiger partial charge in [-0.1, -0.05) is 0 Å². The number of ether oxygens (including phenoxy) is 1. The molecule has 28 heavy (non-hydrogen) atoms. The molecule has 3 amide bonds. The summed E-state index contributed by atoms with van der Waals surface area (Å²) >= 11 is 0. The van der Waals surface area contributed by atoms with Crippen molar-refractivity contribution in [3.05, 3.63) is 59.7 Å². The van der Waals surface area contributed by atoms with Crippen LogP contribution in [-0.4, -0.2) is 37.0 Å². The second kappa shape index (κ2) is 9.14. The van der Waals surface area contributed by atoms with E-state index in [1.807, 2.05) is 0 Å². The third kappa shape index (κ3) is 5.40. The molecule has 7 heteroatoms. The number of benzene rings is 2. The van der Waals surface area contributed by atoms with E-state index in [1.54, 1.807) is 48.5 Å². The van der Waals surface area contributed by atoms with Crippen molar-refractivity contribution in [3.63, 3.8) is 0 Å². The van der Waals surface area contributed by atoms with Gasteiger partial charge in [-0.05, 0) is 61.4 Å². The number of nitrogens with one attached hydrogen (secondary N) is 3. The zero-order valence-electron chi connectivity index (χ0n) is 15.7. The Balaban J connectivity index is 1.54. The molecule has 1 atom stereocenters. The summed E-state index contributed by atoms with van der Waals surface area (Å²) in [5.74, 6) is -0.619. The monoisotopic (exact) mass is 381 g/mol. The summed E-state index contributed by atoms with van der Waals surface area (Å²) in [4.78, 5) is 35.6. The fourth-order valence-electron chi connectivity index (χ4n) is 2.93. The van der Waals surface area contributed by atoms with Crippen LogP contribution in [0.4, 0.5) is 11.4 Å². The molecule has 1 unspecified atom stereocenters. The van der Waals surface area contributed by atoms with Gasteiger partial charge in [0.1, 0.15) is 0 Å². The number of carbonyl (C=O) groups excluding carboxylic acids is 3. The Morgan fingerprint density at radius 3 is 2.00 bits per heavy atom. The Labute approximate surface area is 163 Å². The molecule has 1 heterocycles. The highest BCUT2D eigenvalue weighted by molar-refractivity contribution is 6.05. The van der Waals surface area contributed by atoms with Crippen molar-refractivity contribution in [2.75, 3.05) is 23.8 Å². The van der Waals surface area contributed by atoms with Crippen LogP contribution < -0.4 is 16.0 Å². The van der Waals surface area contributed by atoms with E-state index in [4.69, 9.17) is 4.74 Å². The molecule has 146 valence electrons. The molecule has 1 saturated heterocycles. The minimum absolute atomic E-state index is 0.0889. The fraction of sp³-hybridized carbons (Fsp3) is 0.286. The first-order chi connectivity index (χ1) is 13.5. The number of rotatable bonds is 6.